The number of aromatic nitrogens is 2. The molecule has 0 saturated carbocycles. The Hall–Kier alpha value is -4.87. The highest BCUT2D eigenvalue weighted by Gasteiger charge is 2.44. The van der Waals surface area contributed by atoms with Crippen molar-refractivity contribution in [2.45, 2.75) is 77.7 Å². The highest BCUT2D eigenvalue weighted by Crippen LogP contribution is 2.30. The number of likely N-dealkylation sites (tertiary alicyclic amines) is 1. The van der Waals surface area contributed by atoms with Gasteiger partial charge >= 0.3 is 0 Å². The Morgan fingerprint density at radius 3 is 2.33 bits per heavy atom. The lowest BCUT2D eigenvalue weighted by Gasteiger charge is -2.32. The summed E-state index contributed by atoms with van der Waals surface area (Å²) in [5.74, 6) is -2.10. The van der Waals surface area contributed by atoms with Crippen LogP contribution in [0.1, 0.15) is 57.9 Å². The number of nitrogens with one attached hydrogen (secondary N) is 3. The lowest BCUT2D eigenvalue weighted by molar-refractivity contribution is -0.143. The summed E-state index contributed by atoms with van der Waals surface area (Å²) in [6, 6.07) is 9.86. The van der Waals surface area contributed by atoms with Crippen LogP contribution < -0.4 is 20.7 Å². The van der Waals surface area contributed by atoms with Gasteiger partial charge in [0.15, 0.2) is 0 Å². The first-order valence-corrected chi connectivity index (χ1v) is 15.6. The first-order chi connectivity index (χ1) is 22.0. The number of rotatable bonds is 13. The fourth-order valence-corrected chi connectivity index (χ4v) is 5.47. The molecule has 1 unspecified atom stereocenters. The van der Waals surface area contributed by atoms with Crippen molar-refractivity contribution in [3.63, 3.8) is 0 Å². The molecule has 2 aromatic carbocycles. The minimum atomic E-state index is -1.01. The van der Waals surface area contributed by atoms with E-state index in [9.17, 15) is 24.0 Å². The summed E-state index contributed by atoms with van der Waals surface area (Å²) in [7, 11) is 0. The maximum atomic E-state index is 14.2. The van der Waals surface area contributed by atoms with Crippen molar-refractivity contribution < 1.29 is 28.7 Å². The molecule has 0 radical (unpaired) electrons. The summed E-state index contributed by atoms with van der Waals surface area (Å²) >= 11 is 0. The smallest absolute Gasteiger partial charge is 0.272 e. The summed E-state index contributed by atoms with van der Waals surface area (Å²) in [4.78, 5) is 74.9. The molecule has 1 saturated heterocycles. The van der Waals surface area contributed by atoms with Crippen molar-refractivity contribution >= 4 is 40.7 Å². The van der Waals surface area contributed by atoms with Crippen molar-refractivity contribution in [2.24, 2.45) is 11.8 Å². The van der Waals surface area contributed by atoms with Crippen LogP contribution in [-0.2, 0) is 19.2 Å². The van der Waals surface area contributed by atoms with E-state index in [0.717, 1.165) is 10.8 Å². The Bertz CT molecular complexity index is 1540. The van der Waals surface area contributed by atoms with E-state index in [1.165, 1.54) is 23.5 Å². The summed E-state index contributed by atoms with van der Waals surface area (Å²) < 4.78 is 6.39. The molecule has 12 heteroatoms. The van der Waals surface area contributed by atoms with Gasteiger partial charge in [-0.3, -0.25) is 24.2 Å². The van der Waals surface area contributed by atoms with Gasteiger partial charge in [0.05, 0.1) is 18.8 Å². The van der Waals surface area contributed by atoms with Crippen LogP contribution in [-0.4, -0.2) is 81.6 Å². The van der Waals surface area contributed by atoms with Crippen LogP contribution in [0.5, 0.6) is 5.75 Å². The minimum Gasteiger partial charge on any atom is -0.488 e. The molecule has 3 aromatic rings. The Labute approximate surface area is 268 Å². The number of ether oxygens (including phenoxy) is 1. The van der Waals surface area contributed by atoms with E-state index in [4.69, 9.17) is 4.74 Å². The van der Waals surface area contributed by atoms with Crippen LogP contribution in [0.3, 0.4) is 0 Å². The fraction of sp³-hybridized carbons (Fsp3) is 0.441. The summed E-state index contributed by atoms with van der Waals surface area (Å²) in [6.45, 7) is 9.01. The SMILES string of the molecule is CCC(C=O)NC(=O)[C@@H]1C[C@@H](Oc2cccc3ccccc23)CN1C(=O)[C@H](NC(=O)[C@H](NC(=O)c1cnccn1)C(C)C)C(C)C. The second-order valence-electron chi connectivity index (χ2n) is 12.1. The van der Waals surface area contributed by atoms with E-state index < -0.39 is 53.9 Å². The maximum absolute atomic E-state index is 14.2. The summed E-state index contributed by atoms with van der Waals surface area (Å²) in [6.07, 6.45) is 4.85. The number of nitrogens with zero attached hydrogens (tertiary/aromatic N) is 3. The third-order valence-corrected chi connectivity index (χ3v) is 8.09. The van der Waals surface area contributed by atoms with Crippen LogP contribution in [0, 0.1) is 11.8 Å². The molecule has 1 aromatic heterocycles. The number of carbonyl (C=O) groups excluding carboxylic acids is 5. The molecule has 4 rings (SSSR count). The highest BCUT2D eigenvalue weighted by atomic mass is 16.5. The quantitative estimate of drug-likeness (QED) is 0.243. The molecule has 46 heavy (non-hydrogen) atoms. The van der Waals surface area contributed by atoms with Gasteiger partial charge < -0.3 is 30.4 Å². The second-order valence-corrected chi connectivity index (χ2v) is 12.1. The number of carbonyl (C=O) groups is 5. The number of fused-ring (bicyclic) bond motifs is 1. The Kier molecular flexibility index (Phi) is 11.4. The molecule has 1 aliphatic heterocycles. The van der Waals surface area contributed by atoms with Gasteiger partial charge in [-0.2, -0.15) is 0 Å². The number of benzene rings is 2. The van der Waals surface area contributed by atoms with E-state index in [1.807, 2.05) is 42.5 Å². The van der Waals surface area contributed by atoms with Gasteiger partial charge in [0.1, 0.15) is 42.0 Å². The van der Waals surface area contributed by atoms with Gasteiger partial charge in [-0.05, 0) is 29.7 Å². The molecular formula is C34H42N6O6. The third-order valence-electron chi connectivity index (χ3n) is 8.09. The Morgan fingerprint density at radius 2 is 1.67 bits per heavy atom. The van der Waals surface area contributed by atoms with Crippen molar-refractivity contribution in [3.8, 4) is 5.75 Å². The van der Waals surface area contributed by atoms with Crippen molar-refractivity contribution in [1.29, 1.82) is 0 Å². The fourth-order valence-electron chi connectivity index (χ4n) is 5.47. The van der Waals surface area contributed by atoms with Gasteiger partial charge in [-0.15, -0.1) is 0 Å². The number of hydrogen-bond acceptors (Lipinski definition) is 8. The molecule has 1 fully saturated rings. The standard InChI is InChI=1S/C34H42N6O6/c1-6-23(19-41)37-32(43)27-16-24(46-28-13-9-11-22-10-7-8-12-25(22)28)18-40(27)34(45)30(21(4)5)39-33(44)29(20(2)3)38-31(42)26-17-35-14-15-36-26/h7-15,17,19-21,23-24,27,29-30H,6,16,18H2,1-5H3,(H,37,43)(H,38,42)(H,39,44)/t23?,24-,27+,29-,30-/m1/s1. The van der Waals surface area contributed by atoms with Crippen molar-refractivity contribution in [3.05, 3.63) is 66.7 Å². The molecule has 0 spiro atoms. The van der Waals surface area contributed by atoms with Crippen molar-refractivity contribution in [2.75, 3.05) is 6.54 Å². The average Bonchev–Trinajstić information content (AvgIpc) is 3.48. The zero-order valence-corrected chi connectivity index (χ0v) is 26.8. The molecule has 5 atom stereocenters. The molecule has 4 amide bonds. The van der Waals surface area contributed by atoms with Gasteiger partial charge in [-0.25, -0.2) is 4.98 Å². The summed E-state index contributed by atoms with van der Waals surface area (Å²) in [5.41, 5.74) is 0.0568. The number of hydrogen-bond donors (Lipinski definition) is 3. The highest BCUT2D eigenvalue weighted by molar-refractivity contribution is 5.98. The van der Waals surface area contributed by atoms with E-state index >= 15 is 0 Å². The molecule has 3 N–H and O–H groups in total. The van der Waals surface area contributed by atoms with E-state index in [1.54, 1.807) is 34.6 Å². The van der Waals surface area contributed by atoms with Crippen LogP contribution in [0.25, 0.3) is 10.8 Å². The molecular weight excluding hydrogens is 588 g/mol. The van der Waals surface area contributed by atoms with Gasteiger partial charge in [0.25, 0.3) is 5.91 Å². The van der Waals surface area contributed by atoms with E-state index in [0.29, 0.717) is 18.5 Å². The first kappa shape index (κ1) is 34.0. The molecule has 244 valence electrons. The molecule has 0 bridgehead atoms. The number of amides is 4. The Balaban J connectivity index is 1.57. The van der Waals surface area contributed by atoms with E-state index in [2.05, 4.69) is 25.9 Å². The van der Waals surface area contributed by atoms with Crippen LogP contribution in [0.4, 0.5) is 0 Å². The summed E-state index contributed by atoms with van der Waals surface area (Å²) in [5, 5.41) is 10.2. The third kappa shape index (κ3) is 8.04. The van der Waals surface area contributed by atoms with Gasteiger partial charge in [-0.1, -0.05) is 71.0 Å². The van der Waals surface area contributed by atoms with E-state index in [-0.39, 0.29) is 30.5 Å². The lowest BCUT2D eigenvalue weighted by Crippen LogP contribution is -2.59. The lowest BCUT2D eigenvalue weighted by atomic mass is 9.98. The van der Waals surface area contributed by atoms with Gasteiger partial charge in [0, 0.05) is 24.2 Å². The molecule has 0 aliphatic carbocycles. The number of aldehydes is 1. The second kappa shape index (κ2) is 15.4. The molecule has 12 nitrogen and oxygen atoms in total. The predicted molar refractivity (Wildman–Crippen MR) is 172 cm³/mol. The topological polar surface area (TPSA) is 160 Å². The molecule has 2 heterocycles. The predicted octanol–water partition coefficient (Wildman–Crippen LogP) is 2.67. The largest absolute Gasteiger partial charge is 0.488 e. The minimum absolute atomic E-state index is 0.0568. The molecule has 1 aliphatic rings. The Morgan fingerprint density at radius 1 is 0.957 bits per heavy atom. The van der Waals surface area contributed by atoms with Crippen LogP contribution >= 0.6 is 0 Å². The maximum Gasteiger partial charge on any atom is 0.272 e. The zero-order valence-electron chi connectivity index (χ0n) is 26.8. The first-order valence-electron chi connectivity index (χ1n) is 15.6. The zero-order chi connectivity index (χ0) is 33.4. The van der Waals surface area contributed by atoms with Crippen LogP contribution in [0.2, 0.25) is 0 Å². The van der Waals surface area contributed by atoms with Crippen LogP contribution in [0.15, 0.2) is 61.1 Å². The monoisotopic (exact) mass is 630 g/mol. The normalized spacial score (nSPS) is 18.1. The average molecular weight is 631 g/mol. The van der Waals surface area contributed by atoms with Gasteiger partial charge in [0.2, 0.25) is 17.7 Å². The van der Waals surface area contributed by atoms with Crippen molar-refractivity contribution in [1.82, 2.24) is 30.8 Å².